The molecule has 0 spiro atoms. The van der Waals surface area contributed by atoms with E-state index in [0.29, 0.717) is 17.3 Å². The topological polar surface area (TPSA) is 82.2 Å². The van der Waals surface area contributed by atoms with E-state index >= 15 is 0 Å². The Morgan fingerprint density at radius 3 is 2.63 bits per heavy atom. The molecule has 2 aromatic rings. The Kier molecular flexibility index (Phi) is 4.68. The van der Waals surface area contributed by atoms with E-state index in [1.54, 1.807) is 13.1 Å². The lowest BCUT2D eigenvalue weighted by Crippen LogP contribution is -2.36. The molecule has 0 unspecified atom stereocenters. The minimum absolute atomic E-state index is 0.116. The summed E-state index contributed by atoms with van der Waals surface area (Å²) >= 11 is 0. The lowest BCUT2D eigenvalue weighted by molar-refractivity contribution is -0.132. The number of hydrogen-bond acceptors (Lipinski definition) is 5. The molecule has 7 nitrogen and oxygen atoms in total. The normalized spacial score (nSPS) is 17.7. The highest BCUT2D eigenvalue weighted by Gasteiger charge is 2.34. The van der Waals surface area contributed by atoms with E-state index in [1.165, 1.54) is 0 Å². The van der Waals surface area contributed by atoms with Gasteiger partial charge in [-0.25, -0.2) is 9.97 Å². The molecule has 1 saturated heterocycles. The smallest absolute Gasteiger partial charge is 0.254 e. The summed E-state index contributed by atoms with van der Waals surface area (Å²) in [6.07, 6.45) is 4.81. The maximum Gasteiger partial charge on any atom is 0.254 e. The van der Waals surface area contributed by atoms with Crippen molar-refractivity contribution in [2.45, 2.75) is 33.1 Å². The number of rotatable bonds is 3. The van der Waals surface area contributed by atoms with Gasteiger partial charge in [-0.1, -0.05) is 0 Å². The molecule has 1 amide bonds. The minimum atomic E-state index is -0.116. The van der Waals surface area contributed by atoms with Gasteiger partial charge in [-0.05, 0) is 45.2 Å². The van der Waals surface area contributed by atoms with Gasteiger partial charge in [0, 0.05) is 55.1 Å². The van der Waals surface area contributed by atoms with Crippen LogP contribution in [0.25, 0.3) is 11.4 Å². The molecule has 0 aromatic carbocycles. The SMILES string of the molecule is Cc1nc(-c2ccc(N3CCCN(C(=O)C4CC4)CC3)nc2)[nH]c(=O)c1C. The van der Waals surface area contributed by atoms with E-state index in [2.05, 4.69) is 19.9 Å². The van der Waals surface area contributed by atoms with Crippen molar-refractivity contribution >= 4 is 11.7 Å². The van der Waals surface area contributed by atoms with E-state index in [9.17, 15) is 9.59 Å². The van der Waals surface area contributed by atoms with Gasteiger partial charge in [0.15, 0.2) is 0 Å². The van der Waals surface area contributed by atoms with Gasteiger partial charge in [0.2, 0.25) is 5.91 Å². The van der Waals surface area contributed by atoms with Crippen LogP contribution in [-0.4, -0.2) is 51.9 Å². The monoisotopic (exact) mass is 367 g/mol. The molecule has 1 aliphatic heterocycles. The number of pyridine rings is 1. The molecule has 1 aliphatic carbocycles. The van der Waals surface area contributed by atoms with Crippen LogP contribution in [0.1, 0.15) is 30.5 Å². The van der Waals surface area contributed by atoms with Gasteiger partial charge in [0.1, 0.15) is 11.6 Å². The van der Waals surface area contributed by atoms with Gasteiger partial charge < -0.3 is 14.8 Å². The molecule has 7 heteroatoms. The van der Waals surface area contributed by atoms with Crippen LogP contribution in [0.3, 0.4) is 0 Å². The summed E-state index contributed by atoms with van der Waals surface area (Å²) in [5.41, 5.74) is 2.04. The van der Waals surface area contributed by atoms with Crippen LogP contribution in [0.5, 0.6) is 0 Å². The highest BCUT2D eigenvalue weighted by atomic mass is 16.2. The lowest BCUT2D eigenvalue weighted by atomic mass is 10.2. The summed E-state index contributed by atoms with van der Waals surface area (Å²) in [4.78, 5) is 40.3. The molecular weight excluding hydrogens is 342 g/mol. The first kappa shape index (κ1) is 17.7. The maximum atomic E-state index is 12.3. The Hall–Kier alpha value is -2.70. The van der Waals surface area contributed by atoms with Gasteiger partial charge >= 0.3 is 0 Å². The molecule has 1 N–H and O–H groups in total. The fourth-order valence-corrected chi connectivity index (χ4v) is 3.45. The Labute approximate surface area is 158 Å². The number of hydrogen-bond donors (Lipinski definition) is 1. The van der Waals surface area contributed by atoms with Crippen molar-refractivity contribution in [3.63, 3.8) is 0 Å². The van der Waals surface area contributed by atoms with Gasteiger partial charge in [-0.3, -0.25) is 9.59 Å². The second kappa shape index (κ2) is 7.13. The third-order valence-electron chi connectivity index (χ3n) is 5.47. The summed E-state index contributed by atoms with van der Waals surface area (Å²) < 4.78 is 0. The van der Waals surface area contributed by atoms with Crippen LogP contribution in [-0.2, 0) is 4.79 Å². The Balaban J connectivity index is 1.47. The highest BCUT2D eigenvalue weighted by molar-refractivity contribution is 5.81. The molecular formula is C20H25N5O2. The molecule has 2 aromatic heterocycles. The molecule has 142 valence electrons. The first-order valence-corrected chi connectivity index (χ1v) is 9.60. The maximum absolute atomic E-state index is 12.3. The molecule has 1 saturated carbocycles. The van der Waals surface area contributed by atoms with Crippen LogP contribution >= 0.6 is 0 Å². The summed E-state index contributed by atoms with van der Waals surface area (Å²) in [5.74, 6) is 2.04. The van der Waals surface area contributed by atoms with Crippen molar-refractivity contribution in [1.29, 1.82) is 0 Å². The van der Waals surface area contributed by atoms with Crippen molar-refractivity contribution in [3.8, 4) is 11.4 Å². The van der Waals surface area contributed by atoms with Crippen LogP contribution in [0, 0.1) is 19.8 Å². The number of aryl methyl sites for hydroxylation is 1. The molecule has 4 rings (SSSR count). The molecule has 0 bridgehead atoms. The average Bonchev–Trinajstić information content (AvgIpc) is 3.52. The summed E-state index contributed by atoms with van der Waals surface area (Å²) in [6, 6.07) is 3.90. The predicted octanol–water partition coefficient (Wildman–Crippen LogP) is 1.90. The Morgan fingerprint density at radius 2 is 1.96 bits per heavy atom. The van der Waals surface area contributed by atoms with Crippen molar-refractivity contribution in [2.24, 2.45) is 5.92 Å². The number of H-pyrrole nitrogens is 1. The third-order valence-corrected chi connectivity index (χ3v) is 5.47. The summed E-state index contributed by atoms with van der Waals surface area (Å²) in [6.45, 7) is 6.87. The Bertz CT molecular complexity index is 902. The summed E-state index contributed by atoms with van der Waals surface area (Å²) in [5, 5.41) is 0. The minimum Gasteiger partial charge on any atom is -0.355 e. The van der Waals surface area contributed by atoms with Crippen LogP contribution in [0.2, 0.25) is 0 Å². The van der Waals surface area contributed by atoms with Crippen molar-refractivity contribution < 1.29 is 4.79 Å². The van der Waals surface area contributed by atoms with Gasteiger partial charge in [-0.2, -0.15) is 0 Å². The fraction of sp³-hybridized carbons (Fsp3) is 0.500. The zero-order valence-corrected chi connectivity index (χ0v) is 15.9. The number of carbonyl (C=O) groups excluding carboxylic acids is 1. The second-order valence-electron chi connectivity index (χ2n) is 7.47. The highest BCUT2D eigenvalue weighted by Crippen LogP contribution is 2.31. The molecule has 3 heterocycles. The van der Waals surface area contributed by atoms with Gasteiger partial charge in [-0.15, -0.1) is 0 Å². The van der Waals surface area contributed by atoms with Crippen LogP contribution in [0.4, 0.5) is 5.82 Å². The van der Waals surface area contributed by atoms with E-state index < -0.39 is 0 Å². The Morgan fingerprint density at radius 1 is 1.15 bits per heavy atom. The number of anilines is 1. The second-order valence-corrected chi connectivity index (χ2v) is 7.47. The summed E-state index contributed by atoms with van der Waals surface area (Å²) in [7, 11) is 0. The molecule has 0 atom stereocenters. The van der Waals surface area contributed by atoms with Crippen LogP contribution in [0.15, 0.2) is 23.1 Å². The standard InChI is InChI=1S/C20H25N5O2/c1-13-14(2)22-18(23-19(13)26)16-6-7-17(21-12-16)24-8-3-9-25(11-10-24)20(27)15-4-5-15/h6-7,12,15H,3-5,8-11H2,1-2H3,(H,22,23,26). The van der Waals surface area contributed by atoms with Gasteiger partial charge in [0.05, 0.1) is 0 Å². The molecule has 0 radical (unpaired) electrons. The first-order valence-electron chi connectivity index (χ1n) is 9.60. The third kappa shape index (κ3) is 3.72. The van der Waals surface area contributed by atoms with Crippen LogP contribution < -0.4 is 10.5 Å². The number of carbonyl (C=O) groups is 1. The number of nitrogens with zero attached hydrogens (tertiary/aromatic N) is 4. The van der Waals surface area contributed by atoms with Gasteiger partial charge in [0.25, 0.3) is 5.56 Å². The van der Waals surface area contributed by atoms with E-state index in [0.717, 1.165) is 62.5 Å². The fourth-order valence-electron chi connectivity index (χ4n) is 3.45. The molecule has 27 heavy (non-hydrogen) atoms. The quantitative estimate of drug-likeness (QED) is 0.896. The van der Waals surface area contributed by atoms with E-state index in [1.807, 2.05) is 24.0 Å². The zero-order valence-electron chi connectivity index (χ0n) is 15.9. The largest absolute Gasteiger partial charge is 0.355 e. The zero-order chi connectivity index (χ0) is 19.0. The van der Waals surface area contributed by atoms with Crippen molar-refractivity contribution in [2.75, 3.05) is 31.1 Å². The first-order chi connectivity index (χ1) is 13.0. The van der Waals surface area contributed by atoms with E-state index in [-0.39, 0.29) is 11.5 Å². The lowest BCUT2D eigenvalue weighted by Gasteiger charge is -2.23. The van der Waals surface area contributed by atoms with E-state index in [4.69, 9.17) is 0 Å². The number of nitrogens with one attached hydrogen (secondary N) is 1. The number of amides is 1. The molecule has 2 aliphatic rings. The predicted molar refractivity (Wildman–Crippen MR) is 104 cm³/mol. The van der Waals surface area contributed by atoms with Crippen molar-refractivity contribution in [3.05, 3.63) is 39.9 Å². The number of aromatic nitrogens is 3. The number of aromatic amines is 1. The average molecular weight is 367 g/mol. The van der Waals surface area contributed by atoms with Crippen molar-refractivity contribution in [1.82, 2.24) is 19.9 Å². The molecule has 2 fully saturated rings.